The number of hydrogen-bond donors (Lipinski definition) is 2. The van der Waals surface area contributed by atoms with Gasteiger partial charge in [-0.3, -0.25) is 0 Å². The molecule has 1 rings (SSSR count). The fourth-order valence-corrected chi connectivity index (χ4v) is 1.37. The lowest BCUT2D eigenvalue weighted by Gasteiger charge is -2.13. The molecular formula is C9H10ClF2NO. The Kier molecular flexibility index (Phi) is 3.29. The van der Waals surface area contributed by atoms with Crippen molar-refractivity contribution in [1.82, 2.24) is 0 Å². The zero-order valence-corrected chi connectivity index (χ0v) is 8.28. The molecule has 14 heavy (non-hydrogen) atoms. The van der Waals surface area contributed by atoms with Crippen LogP contribution in [0.15, 0.2) is 6.07 Å². The van der Waals surface area contributed by atoms with Gasteiger partial charge in [0.1, 0.15) is 5.75 Å². The van der Waals surface area contributed by atoms with Crippen LogP contribution in [0.5, 0.6) is 5.75 Å². The van der Waals surface area contributed by atoms with E-state index in [4.69, 9.17) is 17.3 Å². The number of benzene rings is 1. The molecule has 0 aliphatic carbocycles. The molecule has 0 aliphatic heterocycles. The highest BCUT2D eigenvalue weighted by atomic mass is 35.5. The van der Waals surface area contributed by atoms with Crippen LogP contribution in [0.3, 0.4) is 0 Å². The summed E-state index contributed by atoms with van der Waals surface area (Å²) in [6.07, 6.45) is 0. The summed E-state index contributed by atoms with van der Waals surface area (Å²) >= 11 is 5.49. The number of nitrogens with two attached hydrogens (primary N) is 1. The molecule has 0 aliphatic rings. The zero-order chi connectivity index (χ0) is 10.9. The summed E-state index contributed by atoms with van der Waals surface area (Å²) in [5.41, 5.74) is 5.13. The molecule has 0 saturated carbocycles. The van der Waals surface area contributed by atoms with Crippen molar-refractivity contribution in [3.63, 3.8) is 0 Å². The number of aromatic hydroxyl groups is 1. The van der Waals surface area contributed by atoms with Gasteiger partial charge < -0.3 is 10.8 Å². The van der Waals surface area contributed by atoms with Crippen LogP contribution in [0, 0.1) is 11.6 Å². The zero-order valence-electron chi connectivity index (χ0n) is 7.52. The van der Waals surface area contributed by atoms with Gasteiger partial charge in [0.05, 0.1) is 5.02 Å². The summed E-state index contributed by atoms with van der Waals surface area (Å²) in [7, 11) is 0. The van der Waals surface area contributed by atoms with E-state index >= 15 is 0 Å². The predicted octanol–water partition coefficient (Wildman–Crippen LogP) is 2.39. The first-order valence-corrected chi connectivity index (χ1v) is 4.43. The maximum atomic E-state index is 13.2. The summed E-state index contributed by atoms with van der Waals surface area (Å²) in [6, 6.07) is 0.735. The molecule has 1 unspecified atom stereocenters. The summed E-state index contributed by atoms with van der Waals surface area (Å²) in [5.74, 6) is -3.10. The average molecular weight is 222 g/mol. The van der Waals surface area contributed by atoms with Crippen molar-refractivity contribution in [2.75, 3.05) is 6.54 Å². The Morgan fingerprint density at radius 2 is 2.14 bits per heavy atom. The van der Waals surface area contributed by atoms with Crippen LogP contribution < -0.4 is 5.73 Å². The van der Waals surface area contributed by atoms with Gasteiger partial charge in [0.25, 0.3) is 0 Å². The summed E-state index contributed by atoms with van der Waals surface area (Å²) in [5, 5.41) is 9.20. The fourth-order valence-electron chi connectivity index (χ4n) is 1.17. The van der Waals surface area contributed by atoms with E-state index in [1.807, 2.05) is 0 Å². The predicted molar refractivity (Wildman–Crippen MR) is 50.5 cm³/mol. The third kappa shape index (κ3) is 1.81. The van der Waals surface area contributed by atoms with Crippen molar-refractivity contribution in [2.45, 2.75) is 12.8 Å². The van der Waals surface area contributed by atoms with Crippen LogP contribution in [0.1, 0.15) is 18.4 Å². The Hall–Kier alpha value is -0.870. The molecule has 0 spiro atoms. The van der Waals surface area contributed by atoms with Crippen molar-refractivity contribution in [3.05, 3.63) is 28.3 Å². The van der Waals surface area contributed by atoms with Crippen LogP contribution in [0.25, 0.3) is 0 Å². The summed E-state index contributed by atoms with van der Waals surface area (Å²) in [4.78, 5) is 0. The molecule has 2 nitrogen and oxygen atoms in total. The van der Waals surface area contributed by atoms with E-state index in [1.54, 1.807) is 6.92 Å². The third-order valence-corrected chi connectivity index (χ3v) is 2.32. The van der Waals surface area contributed by atoms with Crippen LogP contribution in [-0.4, -0.2) is 11.7 Å². The molecule has 0 heterocycles. The lowest BCUT2D eigenvalue weighted by Crippen LogP contribution is -2.11. The second-order valence-corrected chi connectivity index (χ2v) is 3.46. The second kappa shape index (κ2) is 4.11. The van der Waals surface area contributed by atoms with E-state index < -0.39 is 23.3 Å². The Morgan fingerprint density at radius 3 is 2.64 bits per heavy atom. The molecule has 0 bridgehead atoms. The minimum absolute atomic E-state index is 0.101. The first-order chi connectivity index (χ1) is 6.49. The SMILES string of the molecule is CC(CN)c1c(O)c(Cl)cc(F)c1F. The minimum Gasteiger partial charge on any atom is -0.506 e. The molecule has 1 atom stereocenters. The lowest BCUT2D eigenvalue weighted by molar-refractivity contribution is 0.434. The van der Waals surface area contributed by atoms with E-state index in [-0.39, 0.29) is 17.1 Å². The van der Waals surface area contributed by atoms with Gasteiger partial charge in [-0.05, 0) is 12.6 Å². The maximum Gasteiger partial charge on any atom is 0.166 e. The van der Waals surface area contributed by atoms with Crippen LogP contribution in [0.4, 0.5) is 8.78 Å². The van der Waals surface area contributed by atoms with Gasteiger partial charge in [-0.25, -0.2) is 8.78 Å². The number of rotatable bonds is 2. The van der Waals surface area contributed by atoms with E-state index in [1.165, 1.54) is 0 Å². The fraction of sp³-hybridized carbons (Fsp3) is 0.333. The number of phenols is 1. The topological polar surface area (TPSA) is 46.2 Å². The molecule has 1 aromatic rings. The van der Waals surface area contributed by atoms with E-state index in [0.29, 0.717) is 0 Å². The summed E-state index contributed by atoms with van der Waals surface area (Å²) < 4.78 is 26.1. The molecule has 1 aromatic carbocycles. The molecule has 3 N–H and O–H groups in total. The molecule has 5 heteroatoms. The van der Waals surface area contributed by atoms with Crippen LogP contribution in [-0.2, 0) is 0 Å². The minimum atomic E-state index is -1.09. The number of halogens is 3. The van der Waals surface area contributed by atoms with E-state index in [9.17, 15) is 13.9 Å². The normalized spacial score (nSPS) is 12.9. The average Bonchev–Trinajstić information content (AvgIpc) is 2.15. The molecule has 78 valence electrons. The van der Waals surface area contributed by atoms with E-state index in [0.717, 1.165) is 6.07 Å². The Morgan fingerprint density at radius 1 is 1.57 bits per heavy atom. The number of phenolic OH excluding ortho intramolecular Hbond substituents is 1. The molecular weight excluding hydrogens is 212 g/mol. The van der Waals surface area contributed by atoms with Gasteiger partial charge >= 0.3 is 0 Å². The van der Waals surface area contributed by atoms with Gasteiger partial charge in [-0.1, -0.05) is 18.5 Å². The van der Waals surface area contributed by atoms with Gasteiger partial charge in [-0.15, -0.1) is 0 Å². The highest BCUT2D eigenvalue weighted by Crippen LogP contribution is 2.35. The molecule has 0 fully saturated rings. The van der Waals surface area contributed by atoms with Gasteiger partial charge in [0.15, 0.2) is 11.6 Å². The van der Waals surface area contributed by atoms with E-state index in [2.05, 4.69) is 0 Å². The van der Waals surface area contributed by atoms with Gasteiger partial charge in [0, 0.05) is 11.5 Å². The largest absolute Gasteiger partial charge is 0.506 e. The third-order valence-electron chi connectivity index (χ3n) is 2.03. The molecule has 0 amide bonds. The van der Waals surface area contributed by atoms with Crippen molar-refractivity contribution < 1.29 is 13.9 Å². The van der Waals surface area contributed by atoms with Gasteiger partial charge in [0.2, 0.25) is 0 Å². The van der Waals surface area contributed by atoms with Crippen molar-refractivity contribution in [1.29, 1.82) is 0 Å². The monoisotopic (exact) mass is 221 g/mol. The summed E-state index contributed by atoms with van der Waals surface area (Å²) in [6.45, 7) is 1.68. The van der Waals surface area contributed by atoms with Crippen LogP contribution >= 0.6 is 11.6 Å². The van der Waals surface area contributed by atoms with Crippen molar-refractivity contribution >= 4 is 11.6 Å². The number of hydrogen-bond acceptors (Lipinski definition) is 2. The highest BCUT2D eigenvalue weighted by Gasteiger charge is 2.20. The molecule has 0 saturated heterocycles. The lowest BCUT2D eigenvalue weighted by atomic mass is 9.99. The van der Waals surface area contributed by atoms with Crippen LogP contribution in [0.2, 0.25) is 5.02 Å². The molecule has 0 aromatic heterocycles. The first kappa shape index (κ1) is 11.2. The highest BCUT2D eigenvalue weighted by molar-refractivity contribution is 6.32. The molecule has 0 radical (unpaired) electrons. The first-order valence-electron chi connectivity index (χ1n) is 4.05. The quantitative estimate of drug-likeness (QED) is 0.754. The van der Waals surface area contributed by atoms with Crippen molar-refractivity contribution in [2.24, 2.45) is 5.73 Å². The maximum absolute atomic E-state index is 13.2. The smallest absolute Gasteiger partial charge is 0.166 e. The Balaban J connectivity index is 3.39. The van der Waals surface area contributed by atoms with Crippen molar-refractivity contribution in [3.8, 4) is 5.75 Å². The standard InChI is InChI=1S/C9H10ClF2NO/c1-4(3-13)7-8(12)6(11)2-5(10)9(7)14/h2,4,14H,3,13H2,1H3. The Labute approximate surface area is 85.3 Å². The van der Waals surface area contributed by atoms with Gasteiger partial charge in [-0.2, -0.15) is 0 Å². The Bertz CT molecular complexity index is 331. The second-order valence-electron chi connectivity index (χ2n) is 3.05.